The zero-order chi connectivity index (χ0) is 20.8. The number of likely N-dealkylation sites (tertiary alicyclic amines) is 1. The van der Waals surface area contributed by atoms with Crippen LogP contribution in [0.3, 0.4) is 0 Å². The number of nitrogens with one attached hydrogen (secondary N) is 1. The molecule has 1 aromatic carbocycles. The minimum atomic E-state index is -0.316. The highest BCUT2D eigenvalue weighted by Crippen LogP contribution is 2.47. The number of thiophene rings is 1. The summed E-state index contributed by atoms with van der Waals surface area (Å²) in [6, 6.07) is 9.99. The van der Waals surface area contributed by atoms with E-state index >= 15 is 0 Å². The Labute approximate surface area is 183 Å². The first kappa shape index (κ1) is 18.7. The summed E-state index contributed by atoms with van der Waals surface area (Å²) in [5, 5.41) is 8.13. The number of benzene rings is 1. The molecule has 0 radical (unpaired) electrons. The number of H-pyrrole nitrogens is 1. The molecule has 3 aromatic heterocycles. The summed E-state index contributed by atoms with van der Waals surface area (Å²) in [4.78, 5) is 26.2. The van der Waals surface area contributed by atoms with Gasteiger partial charge in [-0.15, -0.1) is 11.3 Å². The van der Waals surface area contributed by atoms with E-state index in [4.69, 9.17) is 4.74 Å². The maximum atomic E-state index is 13.2. The first-order valence-corrected chi connectivity index (χ1v) is 11.3. The normalized spacial score (nSPS) is 17.7. The lowest BCUT2D eigenvalue weighted by atomic mass is 9.85. The molecule has 5 heterocycles. The largest absolute Gasteiger partial charge is 0.369 e. The van der Waals surface area contributed by atoms with Crippen molar-refractivity contribution < 1.29 is 9.53 Å². The van der Waals surface area contributed by atoms with Crippen LogP contribution >= 0.6 is 11.3 Å². The number of ether oxygens (including phenoxy) is 1. The number of hydrogen-bond donors (Lipinski definition) is 1. The maximum absolute atomic E-state index is 13.2. The molecule has 156 valence electrons. The molecule has 1 spiro atoms. The summed E-state index contributed by atoms with van der Waals surface area (Å²) in [6.07, 6.45) is 7.71. The van der Waals surface area contributed by atoms with Crippen molar-refractivity contribution in [2.45, 2.75) is 24.9 Å². The number of aromatic amines is 1. The monoisotopic (exact) mass is 431 g/mol. The van der Waals surface area contributed by atoms with Gasteiger partial charge in [-0.2, -0.15) is 5.10 Å². The van der Waals surface area contributed by atoms with Gasteiger partial charge in [0.1, 0.15) is 5.60 Å². The summed E-state index contributed by atoms with van der Waals surface area (Å²) in [5.41, 5.74) is 3.31. The van der Waals surface area contributed by atoms with E-state index in [2.05, 4.69) is 26.2 Å². The smallest absolute Gasteiger partial charge is 0.274 e. The lowest BCUT2D eigenvalue weighted by Gasteiger charge is -2.43. The van der Waals surface area contributed by atoms with Gasteiger partial charge in [0.25, 0.3) is 5.91 Å². The number of amides is 1. The van der Waals surface area contributed by atoms with Crippen molar-refractivity contribution >= 4 is 28.1 Å². The standard InChI is InChI=1S/C23H21N5O2S/c29-22(20-16-3-1-2-4-17(16)26-27-20)28-10-6-23(7-11-28)21-15(5-12-30-23)13-19(31-21)18-14-24-8-9-25-18/h1-4,8-9,13-14H,5-7,10-12H2,(H,26,27). The highest BCUT2D eigenvalue weighted by atomic mass is 32.1. The van der Waals surface area contributed by atoms with Gasteiger partial charge in [0.15, 0.2) is 5.69 Å². The van der Waals surface area contributed by atoms with E-state index < -0.39 is 0 Å². The highest BCUT2D eigenvalue weighted by molar-refractivity contribution is 7.15. The quantitative estimate of drug-likeness (QED) is 0.522. The average Bonchev–Trinajstić information content (AvgIpc) is 3.45. The Balaban J connectivity index is 1.25. The Hall–Kier alpha value is -3.10. The molecule has 0 unspecified atom stereocenters. The number of nitrogens with zero attached hydrogens (tertiary/aromatic N) is 4. The Morgan fingerprint density at radius 2 is 2.06 bits per heavy atom. The van der Waals surface area contributed by atoms with Crippen molar-refractivity contribution in [3.63, 3.8) is 0 Å². The molecule has 6 rings (SSSR count). The summed E-state index contributed by atoms with van der Waals surface area (Å²) in [5.74, 6) is -0.0187. The molecule has 2 aliphatic heterocycles. The van der Waals surface area contributed by atoms with Crippen molar-refractivity contribution in [1.29, 1.82) is 0 Å². The summed E-state index contributed by atoms with van der Waals surface area (Å²) < 4.78 is 6.39. The van der Waals surface area contributed by atoms with E-state index in [1.165, 1.54) is 10.4 Å². The van der Waals surface area contributed by atoms with Gasteiger partial charge in [0.05, 0.1) is 28.9 Å². The molecule has 8 heteroatoms. The minimum Gasteiger partial charge on any atom is -0.369 e. The molecule has 0 saturated carbocycles. The molecule has 1 saturated heterocycles. The Morgan fingerprint density at radius 1 is 1.19 bits per heavy atom. The van der Waals surface area contributed by atoms with Gasteiger partial charge < -0.3 is 9.64 Å². The predicted molar refractivity (Wildman–Crippen MR) is 118 cm³/mol. The van der Waals surface area contributed by atoms with Crippen LogP contribution in [-0.4, -0.2) is 50.7 Å². The number of aromatic nitrogens is 4. The molecule has 2 aliphatic rings. The van der Waals surface area contributed by atoms with Crippen LogP contribution in [0.1, 0.15) is 33.8 Å². The van der Waals surface area contributed by atoms with Crippen LogP contribution in [0.15, 0.2) is 48.9 Å². The molecule has 7 nitrogen and oxygen atoms in total. The van der Waals surface area contributed by atoms with E-state index in [9.17, 15) is 4.79 Å². The number of piperidine rings is 1. The van der Waals surface area contributed by atoms with Crippen LogP contribution < -0.4 is 0 Å². The summed E-state index contributed by atoms with van der Waals surface area (Å²) >= 11 is 1.75. The molecule has 31 heavy (non-hydrogen) atoms. The first-order chi connectivity index (χ1) is 15.2. The van der Waals surface area contributed by atoms with Gasteiger partial charge in [-0.1, -0.05) is 18.2 Å². The molecular weight excluding hydrogens is 410 g/mol. The van der Waals surface area contributed by atoms with Crippen molar-refractivity contribution in [2.75, 3.05) is 19.7 Å². The molecule has 1 fully saturated rings. The highest BCUT2D eigenvalue weighted by Gasteiger charge is 2.43. The van der Waals surface area contributed by atoms with Gasteiger partial charge >= 0.3 is 0 Å². The number of hydrogen-bond acceptors (Lipinski definition) is 6. The summed E-state index contributed by atoms with van der Waals surface area (Å²) in [6.45, 7) is 2.01. The Kier molecular flexibility index (Phi) is 4.36. The third kappa shape index (κ3) is 3.05. The SMILES string of the molecule is O=C(c1n[nH]c2ccccc12)N1CCC2(CC1)OCCc1cc(-c3cnccn3)sc12. The fourth-order valence-corrected chi connectivity index (χ4v) is 6.07. The Morgan fingerprint density at radius 3 is 2.90 bits per heavy atom. The van der Waals surface area contributed by atoms with E-state index in [-0.39, 0.29) is 11.5 Å². The third-order valence-corrected chi connectivity index (χ3v) is 7.70. The first-order valence-electron chi connectivity index (χ1n) is 10.5. The molecular formula is C23H21N5O2S. The van der Waals surface area contributed by atoms with Crippen LogP contribution in [0.25, 0.3) is 21.5 Å². The zero-order valence-electron chi connectivity index (χ0n) is 16.9. The third-order valence-electron chi connectivity index (χ3n) is 6.32. The van der Waals surface area contributed by atoms with Crippen molar-refractivity contribution in [1.82, 2.24) is 25.1 Å². The van der Waals surface area contributed by atoms with Crippen LogP contribution in [0.4, 0.5) is 0 Å². The number of carbonyl (C=O) groups is 1. The van der Waals surface area contributed by atoms with Crippen LogP contribution in [0.2, 0.25) is 0 Å². The van der Waals surface area contributed by atoms with Gasteiger partial charge in [-0.25, -0.2) is 0 Å². The molecule has 0 bridgehead atoms. The number of para-hydroxylation sites is 1. The Bertz CT molecular complexity index is 1260. The molecule has 4 aromatic rings. The van der Waals surface area contributed by atoms with Crippen LogP contribution in [0, 0.1) is 0 Å². The molecule has 0 aliphatic carbocycles. The second kappa shape index (κ2) is 7.25. The van der Waals surface area contributed by atoms with E-state index in [1.807, 2.05) is 29.2 Å². The van der Waals surface area contributed by atoms with Gasteiger partial charge in [0, 0.05) is 35.7 Å². The van der Waals surface area contributed by atoms with E-state index in [1.54, 1.807) is 29.9 Å². The molecule has 0 atom stereocenters. The zero-order valence-corrected chi connectivity index (χ0v) is 17.7. The van der Waals surface area contributed by atoms with Crippen molar-refractivity contribution in [3.8, 4) is 10.6 Å². The molecule has 1 amide bonds. The van der Waals surface area contributed by atoms with Crippen molar-refractivity contribution in [2.24, 2.45) is 0 Å². The summed E-state index contributed by atoms with van der Waals surface area (Å²) in [7, 11) is 0. The van der Waals surface area contributed by atoms with Crippen LogP contribution in [-0.2, 0) is 16.8 Å². The fraction of sp³-hybridized carbons (Fsp3) is 0.304. The average molecular weight is 432 g/mol. The second-order valence-corrected chi connectivity index (χ2v) is 9.11. The van der Waals surface area contributed by atoms with Gasteiger partial charge in [-0.3, -0.25) is 19.9 Å². The predicted octanol–water partition coefficient (Wildman–Crippen LogP) is 3.79. The lowest BCUT2D eigenvalue weighted by Crippen LogP contribution is -2.48. The van der Waals surface area contributed by atoms with Crippen LogP contribution in [0.5, 0.6) is 0 Å². The fourth-order valence-electron chi connectivity index (χ4n) is 4.69. The van der Waals surface area contributed by atoms with Gasteiger partial charge in [-0.05, 0) is 37.0 Å². The van der Waals surface area contributed by atoms with E-state index in [0.717, 1.165) is 40.7 Å². The second-order valence-electron chi connectivity index (χ2n) is 8.06. The number of fused-ring (bicyclic) bond motifs is 3. The van der Waals surface area contributed by atoms with Gasteiger partial charge in [0.2, 0.25) is 0 Å². The number of carbonyl (C=O) groups excluding carboxylic acids is 1. The van der Waals surface area contributed by atoms with E-state index in [0.29, 0.717) is 25.4 Å². The molecule has 1 N–H and O–H groups in total. The maximum Gasteiger partial charge on any atom is 0.274 e. The van der Waals surface area contributed by atoms with Crippen molar-refractivity contribution in [3.05, 3.63) is 65.1 Å². The topological polar surface area (TPSA) is 84.0 Å². The lowest BCUT2D eigenvalue weighted by molar-refractivity contribution is -0.0906. The minimum absolute atomic E-state index is 0.0187. The number of rotatable bonds is 2.